The highest BCUT2D eigenvalue weighted by molar-refractivity contribution is 5.92. The van der Waals surface area contributed by atoms with Crippen molar-refractivity contribution in [2.45, 2.75) is 20.1 Å². The summed E-state index contributed by atoms with van der Waals surface area (Å²) in [6, 6.07) is 6.38. The van der Waals surface area contributed by atoms with Crippen molar-refractivity contribution in [3.8, 4) is 11.5 Å². The van der Waals surface area contributed by atoms with Gasteiger partial charge >= 0.3 is 6.61 Å². The minimum absolute atomic E-state index is 0.126. The topological polar surface area (TPSA) is 64.8 Å². The van der Waals surface area contributed by atoms with Gasteiger partial charge in [0.2, 0.25) is 5.91 Å². The average molecular weight is 352 g/mol. The molecule has 8 heteroatoms. The summed E-state index contributed by atoms with van der Waals surface area (Å²) in [6.07, 6.45) is 2.66. The number of carbonyl (C=O) groups is 1. The van der Waals surface area contributed by atoms with Crippen LogP contribution in [0, 0.1) is 6.92 Å². The molecule has 0 spiro atoms. The smallest absolute Gasteiger partial charge is 0.387 e. The van der Waals surface area contributed by atoms with Gasteiger partial charge in [0.1, 0.15) is 11.5 Å². The van der Waals surface area contributed by atoms with E-state index in [2.05, 4.69) is 9.89 Å². The number of hydrogen-bond donors (Lipinski definition) is 0. The predicted octanol–water partition coefficient (Wildman–Crippen LogP) is 3.26. The fourth-order valence-electron chi connectivity index (χ4n) is 2.14. The van der Waals surface area contributed by atoms with E-state index in [0.29, 0.717) is 17.0 Å². The zero-order valence-corrected chi connectivity index (χ0v) is 14.0. The first kappa shape index (κ1) is 18.4. The van der Waals surface area contributed by atoms with Crippen molar-refractivity contribution in [1.82, 2.24) is 10.1 Å². The third-order valence-electron chi connectivity index (χ3n) is 3.29. The molecule has 0 saturated heterocycles. The van der Waals surface area contributed by atoms with E-state index in [1.807, 2.05) is 0 Å². The molecule has 0 atom stereocenters. The molecule has 0 saturated carbocycles. The Balaban J connectivity index is 2.13. The molecule has 2 rings (SSSR count). The molecular formula is C17H18F2N2O4. The molecule has 0 unspecified atom stereocenters. The van der Waals surface area contributed by atoms with Crippen molar-refractivity contribution in [2.24, 2.45) is 0 Å². The van der Waals surface area contributed by atoms with Gasteiger partial charge in [0, 0.05) is 24.8 Å². The molecule has 134 valence electrons. The van der Waals surface area contributed by atoms with E-state index in [0.717, 1.165) is 0 Å². The Bertz CT molecular complexity index is 759. The number of nitrogens with zero attached hydrogens (tertiary/aromatic N) is 2. The fraction of sp³-hybridized carbons (Fsp3) is 0.294. The van der Waals surface area contributed by atoms with E-state index < -0.39 is 6.61 Å². The Morgan fingerprint density at radius 2 is 2.20 bits per heavy atom. The van der Waals surface area contributed by atoms with Gasteiger partial charge in [0.25, 0.3) is 0 Å². The lowest BCUT2D eigenvalue weighted by atomic mass is 10.1. The van der Waals surface area contributed by atoms with Crippen LogP contribution in [0.1, 0.15) is 17.0 Å². The van der Waals surface area contributed by atoms with Crippen LogP contribution in [-0.2, 0) is 11.3 Å². The van der Waals surface area contributed by atoms with Crippen LogP contribution in [0.25, 0.3) is 6.08 Å². The summed E-state index contributed by atoms with van der Waals surface area (Å²) in [5.41, 5.74) is 0.920. The van der Waals surface area contributed by atoms with Gasteiger partial charge in [-0.15, -0.1) is 0 Å². The van der Waals surface area contributed by atoms with Gasteiger partial charge in [-0.2, -0.15) is 8.78 Å². The molecule has 0 aliphatic heterocycles. The zero-order chi connectivity index (χ0) is 18.4. The molecular weight excluding hydrogens is 334 g/mol. The first-order valence-corrected chi connectivity index (χ1v) is 7.38. The molecule has 0 bridgehead atoms. The monoisotopic (exact) mass is 352 g/mol. The van der Waals surface area contributed by atoms with Crippen LogP contribution in [0.3, 0.4) is 0 Å². The second kappa shape index (κ2) is 8.27. The number of methoxy groups -OCH3 is 1. The normalized spacial score (nSPS) is 11.1. The third kappa shape index (κ3) is 5.03. The summed E-state index contributed by atoms with van der Waals surface area (Å²) < 4.78 is 39.7. The fourth-order valence-corrected chi connectivity index (χ4v) is 2.14. The molecule has 0 aliphatic carbocycles. The van der Waals surface area contributed by atoms with Crippen LogP contribution >= 0.6 is 0 Å². The molecule has 0 aliphatic rings. The van der Waals surface area contributed by atoms with E-state index in [1.165, 1.54) is 30.2 Å². The van der Waals surface area contributed by atoms with E-state index >= 15 is 0 Å². The Labute approximate surface area is 143 Å². The Hall–Kier alpha value is -2.90. The predicted molar refractivity (Wildman–Crippen MR) is 86.4 cm³/mol. The number of benzene rings is 1. The molecule has 0 radical (unpaired) electrons. The largest absolute Gasteiger partial charge is 0.493 e. The lowest BCUT2D eigenvalue weighted by molar-refractivity contribution is -0.125. The van der Waals surface area contributed by atoms with E-state index in [-0.39, 0.29) is 24.0 Å². The minimum Gasteiger partial charge on any atom is -0.493 e. The first-order valence-electron chi connectivity index (χ1n) is 7.38. The van der Waals surface area contributed by atoms with Crippen molar-refractivity contribution >= 4 is 12.0 Å². The molecule has 6 nitrogen and oxygen atoms in total. The first-order chi connectivity index (χ1) is 11.9. The summed E-state index contributed by atoms with van der Waals surface area (Å²) in [4.78, 5) is 13.6. The lowest BCUT2D eigenvalue weighted by Gasteiger charge is -2.14. The number of rotatable bonds is 7. The van der Waals surface area contributed by atoms with Crippen molar-refractivity contribution in [2.75, 3.05) is 14.2 Å². The average Bonchev–Trinajstić information content (AvgIpc) is 2.97. The standard InChI is InChI=1S/C17H18F2N2O4/c1-11-9-13(20-25-11)10-21(2)15(22)8-7-12-5-4-6-14(23-3)16(12)24-17(18)19/h4-9,17H,10H2,1-3H3. The molecule has 1 aromatic carbocycles. The Kier molecular flexibility index (Phi) is 6.10. The highest BCUT2D eigenvalue weighted by atomic mass is 19.3. The third-order valence-corrected chi connectivity index (χ3v) is 3.29. The highest BCUT2D eigenvalue weighted by Crippen LogP contribution is 2.33. The van der Waals surface area contributed by atoms with E-state index in [9.17, 15) is 13.6 Å². The molecule has 0 fully saturated rings. The lowest BCUT2D eigenvalue weighted by Crippen LogP contribution is -2.24. The zero-order valence-electron chi connectivity index (χ0n) is 14.0. The number of likely N-dealkylation sites (N-methyl/N-ethyl adjacent to an activating group) is 1. The van der Waals surface area contributed by atoms with Crippen LogP contribution in [0.4, 0.5) is 8.78 Å². The van der Waals surface area contributed by atoms with Gasteiger partial charge < -0.3 is 18.9 Å². The quantitative estimate of drug-likeness (QED) is 0.716. The van der Waals surface area contributed by atoms with Crippen LogP contribution in [0.15, 0.2) is 34.9 Å². The number of alkyl halides is 2. The van der Waals surface area contributed by atoms with Crippen molar-refractivity contribution in [3.05, 3.63) is 47.4 Å². The number of hydrogen-bond acceptors (Lipinski definition) is 5. The Morgan fingerprint density at radius 1 is 1.44 bits per heavy atom. The van der Waals surface area contributed by atoms with Gasteiger partial charge in [0.05, 0.1) is 13.7 Å². The number of halogens is 2. The maximum absolute atomic E-state index is 12.6. The summed E-state index contributed by atoms with van der Waals surface area (Å²) in [5.74, 6) is 0.350. The van der Waals surface area contributed by atoms with Crippen LogP contribution in [0.5, 0.6) is 11.5 Å². The summed E-state index contributed by atoms with van der Waals surface area (Å²) in [7, 11) is 2.94. The van der Waals surface area contributed by atoms with Crippen LogP contribution < -0.4 is 9.47 Å². The van der Waals surface area contributed by atoms with Crippen molar-refractivity contribution in [3.63, 3.8) is 0 Å². The second-order valence-electron chi connectivity index (χ2n) is 5.21. The van der Waals surface area contributed by atoms with Crippen LogP contribution in [-0.4, -0.2) is 36.7 Å². The van der Waals surface area contributed by atoms with Gasteiger partial charge in [0.15, 0.2) is 11.5 Å². The maximum Gasteiger partial charge on any atom is 0.387 e. The van der Waals surface area contributed by atoms with Gasteiger partial charge in [-0.25, -0.2) is 0 Å². The van der Waals surface area contributed by atoms with Crippen LogP contribution in [0.2, 0.25) is 0 Å². The molecule has 1 aromatic heterocycles. The molecule has 1 heterocycles. The van der Waals surface area contributed by atoms with Gasteiger partial charge in [-0.3, -0.25) is 4.79 Å². The number of carbonyl (C=O) groups excluding carboxylic acids is 1. The molecule has 0 N–H and O–H groups in total. The number of amides is 1. The minimum atomic E-state index is -3.00. The number of para-hydroxylation sites is 1. The number of ether oxygens (including phenoxy) is 2. The summed E-state index contributed by atoms with van der Waals surface area (Å²) in [6.45, 7) is -0.984. The number of aryl methyl sites for hydroxylation is 1. The summed E-state index contributed by atoms with van der Waals surface area (Å²) >= 11 is 0. The van der Waals surface area contributed by atoms with E-state index in [1.54, 1.807) is 32.2 Å². The summed E-state index contributed by atoms with van der Waals surface area (Å²) in [5, 5.41) is 3.81. The maximum atomic E-state index is 12.6. The molecule has 1 amide bonds. The molecule has 25 heavy (non-hydrogen) atoms. The Morgan fingerprint density at radius 3 is 2.80 bits per heavy atom. The number of aromatic nitrogens is 1. The van der Waals surface area contributed by atoms with Crippen molar-refractivity contribution in [1.29, 1.82) is 0 Å². The van der Waals surface area contributed by atoms with Gasteiger partial charge in [-0.1, -0.05) is 17.3 Å². The highest BCUT2D eigenvalue weighted by Gasteiger charge is 2.15. The second-order valence-corrected chi connectivity index (χ2v) is 5.21. The van der Waals surface area contributed by atoms with Gasteiger partial charge in [-0.05, 0) is 19.1 Å². The SMILES string of the molecule is COc1cccc(C=CC(=O)N(C)Cc2cc(C)on2)c1OC(F)F. The molecule has 2 aromatic rings. The van der Waals surface area contributed by atoms with E-state index in [4.69, 9.17) is 9.26 Å². The van der Waals surface area contributed by atoms with Crippen molar-refractivity contribution < 1.29 is 27.6 Å².